The molecule has 0 aromatic carbocycles. The standard InChI is InChI=1S/C21H20F2N4O2/c1-12-3-4-18(25-9-12)16-7-15(16)11-29-20-17(10-24-13(2)26-20)14-5-6-27(21(22)23)19(28)8-14/h3-6,8-10,15-16,21H,7,11H2,1-2H3/t15-,16+/m1/s1. The van der Waals surface area contributed by atoms with E-state index in [4.69, 9.17) is 4.74 Å². The average molecular weight is 398 g/mol. The highest BCUT2D eigenvalue weighted by atomic mass is 19.3. The first-order valence-electron chi connectivity index (χ1n) is 9.32. The fraction of sp³-hybridized carbons (Fsp3) is 0.333. The van der Waals surface area contributed by atoms with Crippen molar-refractivity contribution in [1.29, 1.82) is 0 Å². The third-order valence-corrected chi connectivity index (χ3v) is 5.01. The first-order chi connectivity index (χ1) is 13.9. The molecule has 0 radical (unpaired) electrons. The average Bonchev–Trinajstić information content (AvgIpc) is 3.46. The number of alkyl halides is 2. The molecule has 0 spiro atoms. The van der Waals surface area contributed by atoms with E-state index in [1.807, 2.05) is 25.3 Å². The van der Waals surface area contributed by atoms with Crippen molar-refractivity contribution in [3.63, 3.8) is 0 Å². The van der Waals surface area contributed by atoms with Crippen LogP contribution in [0.2, 0.25) is 0 Å². The molecular weight excluding hydrogens is 378 g/mol. The van der Waals surface area contributed by atoms with E-state index in [1.165, 1.54) is 6.07 Å². The van der Waals surface area contributed by atoms with Crippen LogP contribution in [0.3, 0.4) is 0 Å². The highest BCUT2D eigenvalue weighted by Gasteiger charge is 2.40. The van der Waals surface area contributed by atoms with Gasteiger partial charge in [-0.05, 0) is 43.5 Å². The Morgan fingerprint density at radius 3 is 2.72 bits per heavy atom. The van der Waals surface area contributed by atoms with E-state index in [2.05, 4.69) is 15.0 Å². The van der Waals surface area contributed by atoms with Crippen molar-refractivity contribution >= 4 is 0 Å². The van der Waals surface area contributed by atoms with Gasteiger partial charge in [0.05, 0.1) is 12.2 Å². The molecule has 8 heteroatoms. The van der Waals surface area contributed by atoms with Gasteiger partial charge in [-0.2, -0.15) is 13.8 Å². The summed E-state index contributed by atoms with van der Waals surface area (Å²) in [5.74, 6) is 1.56. The molecule has 3 heterocycles. The van der Waals surface area contributed by atoms with Gasteiger partial charge < -0.3 is 4.74 Å². The summed E-state index contributed by atoms with van der Waals surface area (Å²) in [5, 5.41) is 0. The molecule has 1 saturated carbocycles. The Kier molecular flexibility index (Phi) is 5.08. The predicted octanol–water partition coefficient (Wildman–Crippen LogP) is 3.89. The third-order valence-electron chi connectivity index (χ3n) is 5.01. The monoisotopic (exact) mass is 398 g/mol. The van der Waals surface area contributed by atoms with Crippen LogP contribution in [0.4, 0.5) is 8.78 Å². The van der Waals surface area contributed by atoms with Gasteiger partial charge in [0.2, 0.25) is 5.88 Å². The van der Waals surface area contributed by atoms with E-state index in [-0.39, 0.29) is 0 Å². The first-order valence-corrected chi connectivity index (χ1v) is 9.32. The van der Waals surface area contributed by atoms with Crippen molar-refractivity contribution < 1.29 is 13.5 Å². The van der Waals surface area contributed by atoms with Crippen LogP contribution >= 0.6 is 0 Å². The second kappa shape index (κ2) is 7.69. The molecule has 29 heavy (non-hydrogen) atoms. The zero-order valence-corrected chi connectivity index (χ0v) is 16.0. The van der Waals surface area contributed by atoms with E-state index in [0.29, 0.717) is 45.8 Å². The Balaban J connectivity index is 1.51. The maximum atomic E-state index is 12.8. The zero-order chi connectivity index (χ0) is 20.5. The second-order valence-corrected chi connectivity index (χ2v) is 7.25. The highest BCUT2D eigenvalue weighted by molar-refractivity contribution is 5.67. The van der Waals surface area contributed by atoms with Crippen molar-refractivity contribution in [2.45, 2.75) is 32.7 Å². The molecule has 1 fully saturated rings. The van der Waals surface area contributed by atoms with Gasteiger partial charge in [-0.25, -0.2) is 4.98 Å². The molecule has 4 rings (SSSR count). The summed E-state index contributed by atoms with van der Waals surface area (Å²) in [5.41, 5.74) is 2.32. The van der Waals surface area contributed by atoms with Crippen molar-refractivity contribution in [2.75, 3.05) is 6.61 Å². The van der Waals surface area contributed by atoms with Gasteiger partial charge in [-0.3, -0.25) is 14.3 Å². The number of hydrogen-bond acceptors (Lipinski definition) is 5. The number of rotatable bonds is 6. The molecule has 0 aliphatic heterocycles. The second-order valence-electron chi connectivity index (χ2n) is 7.25. The van der Waals surface area contributed by atoms with Crippen molar-refractivity contribution in [2.24, 2.45) is 5.92 Å². The van der Waals surface area contributed by atoms with Crippen LogP contribution < -0.4 is 10.3 Å². The third kappa shape index (κ3) is 4.16. The lowest BCUT2D eigenvalue weighted by Gasteiger charge is -2.12. The molecule has 0 amide bonds. The van der Waals surface area contributed by atoms with Gasteiger partial charge in [0.25, 0.3) is 5.56 Å². The zero-order valence-electron chi connectivity index (χ0n) is 16.0. The summed E-state index contributed by atoms with van der Waals surface area (Å²) in [4.78, 5) is 24.9. The number of pyridine rings is 2. The number of ether oxygens (including phenoxy) is 1. The highest BCUT2D eigenvalue weighted by Crippen LogP contribution is 2.47. The van der Waals surface area contributed by atoms with Gasteiger partial charge in [-0.1, -0.05) is 6.07 Å². The minimum absolute atomic E-state index is 0.333. The van der Waals surface area contributed by atoms with Gasteiger partial charge in [-0.15, -0.1) is 0 Å². The van der Waals surface area contributed by atoms with E-state index >= 15 is 0 Å². The fourth-order valence-electron chi connectivity index (χ4n) is 3.25. The summed E-state index contributed by atoms with van der Waals surface area (Å²) in [6.07, 6.45) is 5.45. The molecular formula is C21H20F2N4O2. The lowest BCUT2D eigenvalue weighted by atomic mass is 10.1. The van der Waals surface area contributed by atoms with Crippen LogP contribution in [0.5, 0.6) is 5.88 Å². The van der Waals surface area contributed by atoms with Gasteiger partial charge in [0.15, 0.2) is 0 Å². The van der Waals surface area contributed by atoms with Crippen LogP contribution in [-0.2, 0) is 0 Å². The number of aromatic nitrogens is 4. The summed E-state index contributed by atoms with van der Waals surface area (Å²) in [6.45, 7) is 1.31. The molecule has 6 nitrogen and oxygen atoms in total. The lowest BCUT2D eigenvalue weighted by molar-refractivity contribution is 0.0664. The predicted molar refractivity (Wildman–Crippen MR) is 103 cm³/mol. The number of hydrogen-bond donors (Lipinski definition) is 0. The van der Waals surface area contributed by atoms with Crippen molar-refractivity contribution in [3.8, 4) is 17.0 Å². The van der Waals surface area contributed by atoms with Gasteiger partial charge >= 0.3 is 6.55 Å². The summed E-state index contributed by atoms with van der Waals surface area (Å²) < 4.78 is 32.0. The molecule has 3 aromatic heterocycles. The Morgan fingerprint density at radius 1 is 1.21 bits per heavy atom. The minimum Gasteiger partial charge on any atom is -0.477 e. The molecule has 0 bridgehead atoms. The molecule has 0 unspecified atom stereocenters. The Bertz CT molecular complexity index is 1080. The Hall–Kier alpha value is -3.16. The molecule has 0 N–H and O–H groups in total. The normalized spacial score (nSPS) is 18.1. The quantitative estimate of drug-likeness (QED) is 0.630. The lowest BCUT2D eigenvalue weighted by Crippen LogP contribution is -2.19. The van der Waals surface area contributed by atoms with Gasteiger partial charge in [0, 0.05) is 42.2 Å². The topological polar surface area (TPSA) is 69.9 Å². The number of nitrogens with zero attached hydrogens (tertiary/aromatic N) is 4. The molecule has 1 aliphatic rings. The maximum Gasteiger partial charge on any atom is 0.321 e. The van der Waals surface area contributed by atoms with Crippen LogP contribution in [0.1, 0.15) is 36.0 Å². The molecule has 1 aliphatic carbocycles. The maximum absolute atomic E-state index is 12.8. The van der Waals surface area contributed by atoms with Crippen molar-refractivity contribution in [3.05, 3.63) is 70.3 Å². The van der Waals surface area contributed by atoms with E-state index in [9.17, 15) is 13.6 Å². The largest absolute Gasteiger partial charge is 0.477 e. The molecule has 0 saturated heterocycles. The van der Waals surface area contributed by atoms with E-state index in [1.54, 1.807) is 13.1 Å². The molecule has 2 atom stereocenters. The van der Waals surface area contributed by atoms with Crippen LogP contribution in [0, 0.1) is 19.8 Å². The molecule has 150 valence electrons. The summed E-state index contributed by atoms with van der Waals surface area (Å²) >= 11 is 0. The number of aryl methyl sites for hydroxylation is 2. The van der Waals surface area contributed by atoms with E-state index < -0.39 is 12.1 Å². The van der Waals surface area contributed by atoms with Crippen molar-refractivity contribution in [1.82, 2.24) is 19.5 Å². The SMILES string of the molecule is Cc1ccc([C@H]2C[C@@H]2COc2nc(C)ncc2-c2ccn(C(F)F)c(=O)c2)nc1. The summed E-state index contributed by atoms with van der Waals surface area (Å²) in [6, 6.07) is 6.66. The molecule has 3 aromatic rings. The first kappa shape index (κ1) is 19.2. The Labute approximate surface area is 166 Å². The number of halogens is 2. The van der Waals surface area contributed by atoms with Crippen LogP contribution in [-0.4, -0.2) is 26.1 Å². The van der Waals surface area contributed by atoms with E-state index in [0.717, 1.165) is 29.9 Å². The van der Waals surface area contributed by atoms with Crippen LogP contribution in [0.15, 0.2) is 47.7 Å². The Morgan fingerprint density at radius 2 is 2.03 bits per heavy atom. The summed E-state index contributed by atoms with van der Waals surface area (Å²) in [7, 11) is 0. The minimum atomic E-state index is -2.89. The van der Waals surface area contributed by atoms with Gasteiger partial charge in [0.1, 0.15) is 5.82 Å². The smallest absolute Gasteiger partial charge is 0.321 e. The van der Waals surface area contributed by atoms with Crippen LogP contribution in [0.25, 0.3) is 11.1 Å². The fourth-order valence-corrected chi connectivity index (χ4v) is 3.25.